The molecule has 5 nitrogen and oxygen atoms in total. The summed E-state index contributed by atoms with van der Waals surface area (Å²) in [4.78, 5) is 27.9. The van der Waals surface area contributed by atoms with Gasteiger partial charge in [-0.1, -0.05) is 42.5 Å². The second-order valence-electron chi connectivity index (χ2n) is 7.65. The van der Waals surface area contributed by atoms with E-state index in [4.69, 9.17) is 4.42 Å². The van der Waals surface area contributed by atoms with Crippen LogP contribution in [0.4, 0.5) is 0 Å². The Labute approximate surface area is 181 Å². The second kappa shape index (κ2) is 9.92. The largest absolute Gasteiger partial charge is 0.507 e. The van der Waals surface area contributed by atoms with Gasteiger partial charge in [0.2, 0.25) is 0 Å². The molecule has 0 amide bonds. The molecule has 1 saturated heterocycles. The van der Waals surface area contributed by atoms with Crippen LogP contribution >= 0.6 is 12.4 Å². The van der Waals surface area contributed by atoms with Gasteiger partial charge >= 0.3 is 5.63 Å². The van der Waals surface area contributed by atoms with Crippen LogP contribution in [-0.2, 0) is 4.79 Å². The molecule has 1 unspecified atom stereocenters. The fourth-order valence-corrected chi connectivity index (χ4v) is 4.15. The molecule has 6 heteroatoms. The highest BCUT2D eigenvalue weighted by atomic mass is 35.5. The summed E-state index contributed by atoms with van der Waals surface area (Å²) in [5, 5.41) is 11.4. The van der Waals surface area contributed by atoms with Crippen LogP contribution in [-0.4, -0.2) is 35.4 Å². The van der Waals surface area contributed by atoms with Crippen molar-refractivity contribution in [1.29, 1.82) is 0 Å². The lowest BCUT2D eigenvalue weighted by Crippen LogP contribution is -2.24. The number of ketones is 1. The standard InChI is InChI=1S/C24H25NO4.ClH/c26-18(12-15-25-13-6-7-14-25)16-20(17-8-2-1-3-9-17)22-23(27)19-10-4-5-11-21(19)29-24(22)28;/h1-5,8-11,20,27H,6-7,12-16H2;1H. The van der Waals surface area contributed by atoms with E-state index in [1.807, 2.05) is 30.3 Å². The predicted octanol–water partition coefficient (Wildman–Crippen LogP) is 4.50. The van der Waals surface area contributed by atoms with Gasteiger partial charge in [-0.2, -0.15) is 0 Å². The SMILES string of the molecule is Cl.O=C(CCN1CCCC1)CC(c1ccccc1)c1c(O)c2ccccc2oc1=O. The molecule has 3 aromatic rings. The third kappa shape index (κ3) is 4.74. The minimum Gasteiger partial charge on any atom is -0.507 e. The van der Waals surface area contributed by atoms with Crippen molar-refractivity contribution in [2.24, 2.45) is 0 Å². The van der Waals surface area contributed by atoms with Crippen LogP contribution in [0.3, 0.4) is 0 Å². The van der Waals surface area contributed by atoms with Crippen molar-refractivity contribution in [3.63, 3.8) is 0 Å². The van der Waals surface area contributed by atoms with Gasteiger partial charge in [-0.15, -0.1) is 12.4 Å². The van der Waals surface area contributed by atoms with Gasteiger partial charge in [-0.25, -0.2) is 4.79 Å². The minimum atomic E-state index is -0.595. The van der Waals surface area contributed by atoms with E-state index in [1.165, 1.54) is 12.8 Å². The van der Waals surface area contributed by atoms with Crippen molar-refractivity contribution in [2.75, 3.05) is 19.6 Å². The quantitative estimate of drug-likeness (QED) is 0.562. The molecule has 2 heterocycles. The molecule has 1 atom stereocenters. The fraction of sp³-hybridized carbons (Fsp3) is 0.333. The first-order valence-corrected chi connectivity index (χ1v) is 10.2. The molecule has 0 saturated carbocycles. The van der Waals surface area contributed by atoms with Gasteiger partial charge in [0.05, 0.1) is 10.9 Å². The molecule has 1 fully saturated rings. The van der Waals surface area contributed by atoms with Crippen molar-refractivity contribution in [3.8, 4) is 5.75 Å². The summed E-state index contributed by atoms with van der Waals surface area (Å²) in [5.41, 5.74) is 0.720. The van der Waals surface area contributed by atoms with E-state index in [-0.39, 0.29) is 35.9 Å². The number of Topliss-reactive ketones (excluding diaryl/α,β-unsaturated/α-hetero) is 1. The molecule has 0 aliphatic carbocycles. The van der Waals surface area contributed by atoms with Crippen LogP contribution in [0.25, 0.3) is 11.0 Å². The summed E-state index contributed by atoms with van der Waals surface area (Å²) in [6, 6.07) is 16.3. The summed E-state index contributed by atoms with van der Waals surface area (Å²) in [6.45, 7) is 2.84. The van der Waals surface area contributed by atoms with E-state index in [0.717, 1.165) is 25.2 Å². The van der Waals surface area contributed by atoms with Crippen molar-refractivity contribution >= 4 is 29.2 Å². The zero-order valence-electron chi connectivity index (χ0n) is 16.8. The topological polar surface area (TPSA) is 70.8 Å². The second-order valence-corrected chi connectivity index (χ2v) is 7.65. The Balaban J connectivity index is 0.00000256. The number of nitrogens with zero attached hydrogens (tertiary/aromatic N) is 1. The maximum absolute atomic E-state index is 12.8. The molecule has 158 valence electrons. The van der Waals surface area contributed by atoms with Gasteiger partial charge in [0.25, 0.3) is 0 Å². The van der Waals surface area contributed by atoms with Crippen molar-refractivity contribution in [2.45, 2.75) is 31.6 Å². The first-order valence-electron chi connectivity index (χ1n) is 10.2. The Bertz CT molecular complexity index is 1060. The third-order valence-electron chi connectivity index (χ3n) is 5.71. The van der Waals surface area contributed by atoms with E-state index in [2.05, 4.69) is 4.90 Å². The monoisotopic (exact) mass is 427 g/mol. The van der Waals surface area contributed by atoms with Gasteiger partial charge in [0.1, 0.15) is 17.1 Å². The number of hydrogen-bond acceptors (Lipinski definition) is 5. The number of carbonyl (C=O) groups is 1. The van der Waals surface area contributed by atoms with E-state index in [9.17, 15) is 14.7 Å². The van der Waals surface area contributed by atoms with Crippen LogP contribution in [0.15, 0.2) is 63.8 Å². The Morgan fingerprint density at radius 3 is 2.43 bits per heavy atom. The highest BCUT2D eigenvalue weighted by Gasteiger charge is 2.27. The number of carbonyl (C=O) groups excluding carboxylic acids is 1. The van der Waals surface area contributed by atoms with Crippen LogP contribution in [0, 0.1) is 0 Å². The van der Waals surface area contributed by atoms with E-state index in [1.54, 1.807) is 24.3 Å². The lowest BCUT2D eigenvalue weighted by Gasteiger charge is -2.19. The third-order valence-corrected chi connectivity index (χ3v) is 5.71. The first kappa shape index (κ1) is 22.1. The zero-order valence-corrected chi connectivity index (χ0v) is 17.6. The number of likely N-dealkylation sites (tertiary alicyclic amines) is 1. The number of hydrogen-bond donors (Lipinski definition) is 1. The lowest BCUT2D eigenvalue weighted by molar-refractivity contribution is -0.119. The van der Waals surface area contributed by atoms with Crippen molar-refractivity contribution in [3.05, 3.63) is 76.1 Å². The maximum Gasteiger partial charge on any atom is 0.343 e. The maximum atomic E-state index is 12.8. The van der Waals surface area contributed by atoms with Gasteiger partial charge in [0, 0.05) is 25.3 Å². The summed E-state index contributed by atoms with van der Waals surface area (Å²) < 4.78 is 5.46. The molecular weight excluding hydrogens is 402 g/mol. The summed E-state index contributed by atoms with van der Waals surface area (Å²) in [7, 11) is 0. The van der Waals surface area contributed by atoms with E-state index in [0.29, 0.717) is 17.4 Å². The average Bonchev–Trinajstić information content (AvgIpc) is 3.26. The zero-order chi connectivity index (χ0) is 20.2. The Morgan fingerprint density at radius 1 is 1.03 bits per heavy atom. The Morgan fingerprint density at radius 2 is 1.70 bits per heavy atom. The molecule has 0 radical (unpaired) electrons. The Kier molecular flexibility index (Phi) is 7.29. The average molecular weight is 428 g/mol. The van der Waals surface area contributed by atoms with Gasteiger partial charge in [-0.3, -0.25) is 4.79 Å². The molecule has 4 rings (SSSR count). The molecular formula is C24H26ClNO4. The molecule has 2 aromatic carbocycles. The van der Waals surface area contributed by atoms with Gasteiger partial charge < -0.3 is 14.4 Å². The fourth-order valence-electron chi connectivity index (χ4n) is 4.15. The number of fused-ring (bicyclic) bond motifs is 1. The molecule has 0 spiro atoms. The van der Waals surface area contributed by atoms with Crippen LogP contribution in [0.2, 0.25) is 0 Å². The summed E-state index contributed by atoms with van der Waals surface area (Å²) in [6.07, 6.45) is 2.98. The number of para-hydroxylation sites is 1. The molecule has 1 aromatic heterocycles. The number of benzene rings is 2. The van der Waals surface area contributed by atoms with Crippen molar-refractivity contribution < 1.29 is 14.3 Å². The van der Waals surface area contributed by atoms with Crippen molar-refractivity contribution in [1.82, 2.24) is 4.90 Å². The highest BCUT2D eigenvalue weighted by Crippen LogP contribution is 2.36. The number of halogens is 1. The number of aromatic hydroxyl groups is 1. The highest BCUT2D eigenvalue weighted by molar-refractivity contribution is 5.86. The lowest BCUT2D eigenvalue weighted by atomic mass is 9.86. The Hall–Kier alpha value is -2.63. The van der Waals surface area contributed by atoms with E-state index < -0.39 is 11.5 Å². The molecule has 1 N–H and O–H groups in total. The van der Waals surface area contributed by atoms with Crippen LogP contribution < -0.4 is 5.63 Å². The predicted molar refractivity (Wildman–Crippen MR) is 120 cm³/mol. The molecule has 0 bridgehead atoms. The van der Waals surface area contributed by atoms with Crippen LogP contribution in [0.5, 0.6) is 5.75 Å². The number of rotatable bonds is 7. The summed E-state index contributed by atoms with van der Waals surface area (Å²) >= 11 is 0. The normalized spacial score (nSPS) is 15.1. The van der Waals surface area contributed by atoms with E-state index >= 15 is 0 Å². The molecule has 30 heavy (non-hydrogen) atoms. The molecule has 1 aliphatic rings. The van der Waals surface area contributed by atoms with Gasteiger partial charge in [-0.05, 0) is 43.6 Å². The summed E-state index contributed by atoms with van der Waals surface area (Å²) in [5.74, 6) is -0.557. The molecule has 1 aliphatic heterocycles. The minimum absolute atomic E-state index is 0. The van der Waals surface area contributed by atoms with Crippen LogP contribution in [0.1, 0.15) is 42.7 Å². The first-order chi connectivity index (χ1) is 14.1. The van der Waals surface area contributed by atoms with Gasteiger partial charge in [0.15, 0.2) is 0 Å². The smallest absolute Gasteiger partial charge is 0.343 e.